The minimum atomic E-state index is -0.0847. The van der Waals surface area contributed by atoms with Gasteiger partial charge in [-0.3, -0.25) is 9.97 Å². The summed E-state index contributed by atoms with van der Waals surface area (Å²) in [5.74, 6) is 0. The second kappa shape index (κ2) is 30.3. The average molecular weight is 1150 g/mol. The number of thiophene rings is 2. The van der Waals surface area contributed by atoms with Gasteiger partial charge in [0.15, 0.2) is 0 Å². The number of nitrogens with zero attached hydrogens (tertiary/aromatic N) is 2. The summed E-state index contributed by atoms with van der Waals surface area (Å²) in [6, 6.07) is 48.9. The lowest BCUT2D eigenvalue weighted by Crippen LogP contribution is -2.26. The van der Waals surface area contributed by atoms with Gasteiger partial charge in [-0.05, 0) is 190 Å². The zero-order chi connectivity index (χ0) is 58.1. The smallest absolute Gasteiger partial charge is 0.0970 e. The first-order chi connectivity index (χ1) is 41.4. The minimum absolute atomic E-state index is 0.0674. The number of unbranched alkanes of at least 4 members (excludes halogenated alkanes) is 18. The number of benzene rings is 4. The highest BCUT2D eigenvalue weighted by atomic mass is 32.1. The summed E-state index contributed by atoms with van der Waals surface area (Å²) in [6.07, 6.45) is 41.7. The standard InChI is InChI=1S/C80H100N2S2/c1-7-13-19-25-33-63-40-46-75(83-63)60-37-43-67-66-42-36-59(55-70(66)79(71(67)56-60,49-28-21-15-9-3)50-29-22-16-10-4)65-48-54-82-78(74-35-27-32-53-81-74)77(65)62-39-45-69-68-44-38-61(76-47-41-64(84-76)34-26-20-14-8-2)57-72(68)80(73(69)58-62,51-30-23-17-11-5)52-31-24-18-12-6/h27,32,35-48,53-58H,7-26,28-31,33-34,49-52H2,1-6H3. The molecule has 4 heterocycles. The molecule has 0 saturated carbocycles. The van der Waals surface area contributed by atoms with Gasteiger partial charge < -0.3 is 0 Å². The monoisotopic (exact) mass is 1150 g/mol. The molecule has 0 atom stereocenters. The highest BCUT2D eigenvalue weighted by Crippen LogP contribution is 2.59. The van der Waals surface area contributed by atoms with Crippen molar-refractivity contribution in [2.24, 2.45) is 0 Å². The number of aromatic nitrogens is 2. The zero-order valence-electron chi connectivity index (χ0n) is 52.6. The minimum Gasteiger partial charge on any atom is -0.255 e. The van der Waals surface area contributed by atoms with Crippen molar-refractivity contribution in [3.63, 3.8) is 0 Å². The molecule has 0 N–H and O–H groups in total. The largest absolute Gasteiger partial charge is 0.255 e. The molecular weight excluding hydrogens is 1050 g/mol. The van der Waals surface area contributed by atoms with Gasteiger partial charge in [-0.1, -0.05) is 237 Å². The predicted octanol–water partition coefficient (Wildman–Crippen LogP) is 25.6. The molecule has 2 aliphatic carbocycles. The van der Waals surface area contributed by atoms with Crippen LogP contribution in [0.2, 0.25) is 0 Å². The topological polar surface area (TPSA) is 25.8 Å². The number of pyridine rings is 2. The predicted molar refractivity (Wildman–Crippen MR) is 368 cm³/mol. The summed E-state index contributed by atoms with van der Waals surface area (Å²) in [4.78, 5) is 16.3. The van der Waals surface area contributed by atoms with Gasteiger partial charge in [-0.25, -0.2) is 0 Å². The summed E-state index contributed by atoms with van der Waals surface area (Å²) < 4.78 is 0. The van der Waals surface area contributed by atoms with Gasteiger partial charge in [0.05, 0.1) is 11.4 Å². The fourth-order valence-corrected chi connectivity index (χ4v) is 16.9. The van der Waals surface area contributed by atoms with Crippen LogP contribution in [0.5, 0.6) is 0 Å². The summed E-state index contributed by atoms with van der Waals surface area (Å²) >= 11 is 4.06. The van der Waals surface area contributed by atoms with E-state index in [1.165, 1.54) is 279 Å². The van der Waals surface area contributed by atoms with Crippen LogP contribution >= 0.6 is 22.7 Å². The van der Waals surface area contributed by atoms with Crippen LogP contribution in [0.1, 0.15) is 253 Å². The van der Waals surface area contributed by atoms with Crippen LogP contribution in [-0.4, -0.2) is 9.97 Å². The highest BCUT2D eigenvalue weighted by molar-refractivity contribution is 7.15. The van der Waals surface area contributed by atoms with Crippen LogP contribution in [0, 0.1) is 0 Å². The van der Waals surface area contributed by atoms with E-state index in [2.05, 4.69) is 163 Å². The third-order valence-corrected chi connectivity index (χ3v) is 21.8. The van der Waals surface area contributed by atoms with E-state index < -0.39 is 0 Å². The van der Waals surface area contributed by atoms with E-state index in [0.29, 0.717) is 0 Å². The maximum absolute atomic E-state index is 5.35. The molecule has 10 rings (SSSR count). The molecule has 0 spiro atoms. The number of rotatable bonds is 35. The van der Waals surface area contributed by atoms with Gasteiger partial charge in [0.2, 0.25) is 0 Å². The Morgan fingerprint density at radius 3 is 1.13 bits per heavy atom. The van der Waals surface area contributed by atoms with Crippen molar-refractivity contribution >= 4 is 22.7 Å². The fourth-order valence-electron chi connectivity index (χ4n) is 14.8. The lowest BCUT2D eigenvalue weighted by atomic mass is 9.69. The van der Waals surface area contributed by atoms with Gasteiger partial charge in [0, 0.05) is 48.3 Å². The Morgan fingerprint density at radius 1 is 0.321 bits per heavy atom. The number of fused-ring (bicyclic) bond motifs is 6. The van der Waals surface area contributed by atoms with Crippen LogP contribution in [-0.2, 0) is 23.7 Å². The molecule has 0 amide bonds. The van der Waals surface area contributed by atoms with Crippen LogP contribution in [0.4, 0.5) is 0 Å². The Bertz CT molecular complexity index is 3330. The van der Waals surface area contributed by atoms with E-state index in [-0.39, 0.29) is 10.8 Å². The van der Waals surface area contributed by atoms with Crippen molar-refractivity contribution in [2.75, 3.05) is 0 Å². The van der Waals surface area contributed by atoms with E-state index in [4.69, 9.17) is 9.97 Å². The van der Waals surface area contributed by atoms with Crippen molar-refractivity contribution in [3.8, 4) is 76.8 Å². The lowest BCUT2D eigenvalue weighted by molar-refractivity contribution is 0.401. The Labute approximate surface area is 516 Å². The number of aryl methyl sites for hydroxylation is 2. The van der Waals surface area contributed by atoms with Gasteiger partial charge in [-0.2, -0.15) is 0 Å². The van der Waals surface area contributed by atoms with Crippen LogP contribution in [0.3, 0.4) is 0 Å². The first kappa shape index (κ1) is 61.7. The first-order valence-electron chi connectivity index (χ1n) is 34.1. The van der Waals surface area contributed by atoms with Crippen LogP contribution < -0.4 is 0 Å². The van der Waals surface area contributed by atoms with Crippen LogP contribution in [0.25, 0.3) is 76.8 Å². The summed E-state index contributed by atoms with van der Waals surface area (Å²) in [7, 11) is 0. The third-order valence-electron chi connectivity index (χ3n) is 19.5. The van der Waals surface area contributed by atoms with E-state index in [1.807, 2.05) is 34.9 Å². The normalized spacial score (nSPS) is 13.5. The van der Waals surface area contributed by atoms with Crippen molar-refractivity contribution in [2.45, 2.75) is 245 Å². The Balaban J connectivity index is 1.12. The lowest BCUT2D eigenvalue weighted by Gasteiger charge is -2.34. The molecule has 442 valence electrons. The van der Waals surface area contributed by atoms with Crippen molar-refractivity contribution in [3.05, 3.63) is 166 Å². The second-order valence-electron chi connectivity index (χ2n) is 25.4. The van der Waals surface area contributed by atoms with E-state index in [1.54, 1.807) is 11.1 Å². The molecule has 0 radical (unpaired) electrons. The molecule has 4 heteroatoms. The average Bonchev–Trinajstić information content (AvgIpc) is 3.24. The summed E-state index contributed by atoms with van der Waals surface area (Å²) in [5.41, 5.74) is 21.5. The molecule has 0 aliphatic heterocycles. The molecule has 2 aliphatic rings. The van der Waals surface area contributed by atoms with E-state index >= 15 is 0 Å². The number of hydrogen-bond acceptors (Lipinski definition) is 4. The molecule has 4 aromatic heterocycles. The second-order valence-corrected chi connectivity index (χ2v) is 27.7. The van der Waals surface area contributed by atoms with Gasteiger partial charge >= 0.3 is 0 Å². The third kappa shape index (κ3) is 13.7. The van der Waals surface area contributed by atoms with E-state index in [0.717, 1.165) is 11.4 Å². The van der Waals surface area contributed by atoms with Crippen LogP contribution in [0.15, 0.2) is 134 Å². The molecule has 2 nitrogen and oxygen atoms in total. The first-order valence-corrected chi connectivity index (χ1v) is 35.7. The maximum Gasteiger partial charge on any atom is 0.0970 e. The SMILES string of the molecule is CCCCCCc1ccc(-c2ccc3c(c2)C(CCCCCC)(CCCCCC)c2cc(-c4ccnc(-c5ccccn5)c4-c4ccc5c(c4)C(CCCCCC)(CCCCCC)c4cc(-c6ccc(CCCCCC)s6)ccc4-5)ccc2-3)s1. The Morgan fingerprint density at radius 2 is 0.714 bits per heavy atom. The molecule has 8 aromatic rings. The zero-order valence-corrected chi connectivity index (χ0v) is 54.3. The molecule has 0 fully saturated rings. The van der Waals surface area contributed by atoms with Crippen molar-refractivity contribution in [1.82, 2.24) is 9.97 Å². The molecule has 0 bridgehead atoms. The molecule has 4 aromatic carbocycles. The van der Waals surface area contributed by atoms with Crippen molar-refractivity contribution in [1.29, 1.82) is 0 Å². The molecule has 0 unspecified atom stereocenters. The van der Waals surface area contributed by atoms with Gasteiger partial charge in [0.1, 0.15) is 0 Å². The highest BCUT2D eigenvalue weighted by Gasteiger charge is 2.45. The van der Waals surface area contributed by atoms with Gasteiger partial charge in [-0.15, -0.1) is 22.7 Å². The summed E-state index contributed by atoms with van der Waals surface area (Å²) in [5, 5.41) is 0. The number of hydrogen-bond donors (Lipinski definition) is 0. The Kier molecular flexibility index (Phi) is 22.2. The van der Waals surface area contributed by atoms with Crippen molar-refractivity contribution < 1.29 is 0 Å². The molecule has 0 saturated heterocycles. The molecular formula is C80H100N2S2. The quantitative estimate of drug-likeness (QED) is 0.0370. The summed E-state index contributed by atoms with van der Waals surface area (Å²) in [6.45, 7) is 14.1. The fraction of sp³-hybridized carbons (Fsp3) is 0.475. The van der Waals surface area contributed by atoms with E-state index in [9.17, 15) is 0 Å². The Hall–Kier alpha value is -5.42. The maximum atomic E-state index is 5.35. The van der Waals surface area contributed by atoms with Gasteiger partial charge in [0.25, 0.3) is 0 Å². The molecule has 84 heavy (non-hydrogen) atoms.